The molecule has 0 spiro atoms. The predicted molar refractivity (Wildman–Crippen MR) is 75.2 cm³/mol. The molecular formula is C13H11ClN4. The fourth-order valence-corrected chi connectivity index (χ4v) is 2.05. The first-order chi connectivity index (χ1) is 8.74. The molecule has 2 aromatic carbocycles. The van der Waals surface area contributed by atoms with Crippen molar-refractivity contribution in [1.82, 2.24) is 10.2 Å². The van der Waals surface area contributed by atoms with Crippen LogP contribution in [0.25, 0.3) is 10.9 Å². The molecule has 0 amide bonds. The fraction of sp³-hybridized carbons (Fsp3) is 0. The van der Waals surface area contributed by atoms with Gasteiger partial charge in [0, 0.05) is 16.1 Å². The van der Waals surface area contributed by atoms with Gasteiger partial charge in [0.1, 0.15) is 0 Å². The fourth-order valence-electron chi connectivity index (χ4n) is 1.86. The van der Waals surface area contributed by atoms with E-state index in [2.05, 4.69) is 15.5 Å². The van der Waals surface area contributed by atoms with Crippen molar-refractivity contribution >= 4 is 39.7 Å². The standard InChI is InChI=1S/C13H11ClN4/c14-8-3-1-4-9(7-8)16-13-10-5-2-6-11(15)12(10)17-18-13/h1-7H,15H2,(H2,16,17,18). The van der Waals surface area contributed by atoms with Crippen molar-refractivity contribution in [3.8, 4) is 0 Å². The number of halogens is 1. The van der Waals surface area contributed by atoms with Crippen LogP contribution in [0.4, 0.5) is 17.2 Å². The highest BCUT2D eigenvalue weighted by molar-refractivity contribution is 6.30. The van der Waals surface area contributed by atoms with Crippen LogP contribution in [-0.2, 0) is 0 Å². The van der Waals surface area contributed by atoms with E-state index in [1.807, 2.05) is 42.5 Å². The summed E-state index contributed by atoms with van der Waals surface area (Å²) < 4.78 is 0. The van der Waals surface area contributed by atoms with Gasteiger partial charge in [-0.25, -0.2) is 0 Å². The first kappa shape index (κ1) is 10.9. The molecule has 0 saturated heterocycles. The summed E-state index contributed by atoms with van der Waals surface area (Å²) >= 11 is 5.94. The monoisotopic (exact) mass is 258 g/mol. The summed E-state index contributed by atoms with van der Waals surface area (Å²) in [6, 6.07) is 13.2. The highest BCUT2D eigenvalue weighted by Gasteiger charge is 2.07. The van der Waals surface area contributed by atoms with Crippen molar-refractivity contribution in [2.45, 2.75) is 0 Å². The Morgan fingerprint density at radius 3 is 2.83 bits per heavy atom. The maximum Gasteiger partial charge on any atom is 0.160 e. The summed E-state index contributed by atoms with van der Waals surface area (Å²) in [6.07, 6.45) is 0. The van der Waals surface area contributed by atoms with Gasteiger partial charge in [-0.3, -0.25) is 5.10 Å². The molecule has 0 aliphatic carbocycles. The number of benzene rings is 2. The number of anilines is 3. The van der Waals surface area contributed by atoms with Gasteiger partial charge in [-0.2, -0.15) is 5.10 Å². The van der Waals surface area contributed by atoms with Gasteiger partial charge in [-0.15, -0.1) is 0 Å². The Kier molecular flexibility index (Phi) is 2.57. The number of para-hydroxylation sites is 1. The normalized spacial score (nSPS) is 10.7. The molecule has 0 unspecified atom stereocenters. The number of fused-ring (bicyclic) bond motifs is 1. The molecular weight excluding hydrogens is 248 g/mol. The van der Waals surface area contributed by atoms with E-state index < -0.39 is 0 Å². The van der Waals surface area contributed by atoms with Crippen LogP contribution in [0.5, 0.6) is 0 Å². The molecule has 0 aliphatic rings. The Morgan fingerprint density at radius 2 is 2.00 bits per heavy atom. The number of nitrogen functional groups attached to an aromatic ring is 1. The zero-order valence-electron chi connectivity index (χ0n) is 9.44. The van der Waals surface area contributed by atoms with Gasteiger partial charge in [0.05, 0.1) is 11.2 Å². The molecule has 0 fully saturated rings. The minimum absolute atomic E-state index is 0.680. The van der Waals surface area contributed by atoms with Gasteiger partial charge in [0.2, 0.25) is 0 Å². The van der Waals surface area contributed by atoms with E-state index in [0.29, 0.717) is 10.7 Å². The second-order valence-corrected chi connectivity index (χ2v) is 4.41. The Balaban J connectivity index is 2.03. The summed E-state index contributed by atoms with van der Waals surface area (Å²) in [5.41, 5.74) is 8.27. The van der Waals surface area contributed by atoms with E-state index >= 15 is 0 Å². The largest absolute Gasteiger partial charge is 0.397 e. The number of rotatable bonds is 2. The molecule has 0 saturated carbocycles. The second-order valence-electron chi connectivity index (χ2n) is 3.98. The van der Waals surface area contributed by atoms with Gasteiger partial charge in [0.15, 0.2) is 5.82 Å². The van der Waals surface area contributed by atoms with Crippen molar-refractivity contribution < 1.29 is 0 Å². The summed E-state index contributed by atoms with van der Waals surface area (Å²) in [4.78, 5) is 0. The lowest BCUT2D eigenvalue weighted by atomic mass is 10.2. The molecule has 3 aromatic rings. The predicted octanol–water partition coefficient (Wildman–Crippen LogP) is 3.54. The van der Waals surface area contributed by atoms with Crippen LogP contribution in [0.1, 0.15) is 0 Å². The third-order valence-electron chi connectivity index (χ3n) is 2.72. The van der Waals surface area contributed by atoms with Crippen LogP contribution < -0.4 is 11.1 Å². The van der Waals surface area contributed by atoms with Gasteiger partial charge >= 0.3 is 0 Å². The zero-order chi connectivity index (χ0) is 12.5. The number of aromatic nitrogens is 2. The molecule has 5 heteroatoms. The lowest BCUT2D eigenvalue weighted by Crippen LogP contribution is -1.90. The maximum absolute atomic E-state index is 5.94. The molecule has 0 radical (unpaired) electrons. The summed E-state index contributed by atoms with van der Waals surface area (Å²) in [6.45, 7) is 0. The molecule has 1 aromatic heterocycles. The molecule has 3 rings (SSSR count). The van der Waals surface area contributed by atoms with Gasteiger partial charge in [-0.05, 0) is 30.3 Å². The second kappa shape index (κ2) is 4.23. The Hall–Kier alpha value is -2.20. The zero-order valence-corrected chi connectivity index (χ0v) is 10.2. The Bertz CT molecular complexity index is 705. The van der Waals surface area contributed by atoms with E-state index in [1.165, 1.54) is 0 Å². The SMILES string of the molecule is Nc1cccc2c(Nc3cccc(Cl)c3)n[nH]c12. The number of nitrogens with two attached hydrogens (primary N) is 1. The third kappa shape index (κ3) is 1.87. The van der Waals surface area contributed by atoms with Gasteiger partial charge < -0.3 is 11.1 Å². The quantitative estimate of drug-likeness (QED) is 0.616. The number of hydrogen-bond donors (Lipinski definition) is 3. The summed E-state index contributed by atoms with van der Waals surface area (Å²) in [5.74, 6) is 0.736. The van der Waals surface area contributed by atoms with E-state index in [4.69, 9.17) is 17.3 Å². The van der Waals surface area contributed by atoms with E-state index in [1.54, 1.807) is 0 Å². The average molecular weight is 259 g/mol. The minimum Gasteiger partial charge on any atom is -0.397 e. The lowest BCUT2D eigenvalue weighted by Gasteiger charge is -2.03. The average Bonchev–Trinajstić information content (AvgIpc) is 2.74. The van der Waals surface area contributed by atoms with Crippen LogP contribution in [0.3, 0.4) is 0 Å². The van der Waals surface area contributed by atoms with Crippen molar-refractivity contribution in [3.63, 3.8) is 0 Å². The van der Waals surface area contributed by atoms with Crippen LogP contribution in [-0.4, -0.2) is 10.2 Å². The third-order valence-corrected chi connectivity index (χ3v) is 2.95. The van der Waals surface area contributed by atoms with Gasteiger partial charge in [0.25, 0.3) is 0 Å². The van der Waals surface area contributed by atoms with Crippen molar-refractivity contribution in [2.75, 3.05) is 11.1 Å². The van der Waals surface area contributed by atoms with Gasteiger partial charge in [-0.1, -0.05) is 23.7 Å². The molecule has 4 N–H and O–H groups in total. The smallest absolute Gasteiger partial charge is 0.160 e. The Labute approximate surface area is 109 Å². The molecule has 0 aliphatic heterocycles. The molecule has 1 heterocycles. The maximum atomic E-state index is 5.94. The number of nitrogens with one attached hydrogen (secondary N) is 2. The molecule has 0 atom stereocenters. The minimum atomic E-state index is 0.680. The summed E-state index contributed by atoms with van der Waals surface area (Å²) in [5, 5.41) is 12.0. The highest BCUT2D eigenvalue weighted by atomic mass is 35.5. The first-order valence-corrected chi connectivity index (χ1v) is 5.87. The van der Waals surface area contributed by atoms with Crippen LogP contribution in [0.15, 0.2) is 42.5 Å². The number of hydrogen-bond acceptors (Lipinski definition) is 3. The van der Waals surface area contributed by atoms with Crippen LogP contribution in [0, 0.1) is 0 Å². The van der Waals surface area contributed by atoms with Crippen LogP contribution in [0.2, 0.25) is 5.02 Å². The number of nitrogens with zero attached hydrogens (tertiary/aromatic N) is 1. The Morgan fingerprint density at radius 1 is 1.17 bits per heavy atom. The van der Waals surface area contributed by atoms with Crippen molar-refractivity contribution in [1.29, 1.82) is 0 Å². The lowest BCUT2D eigenvalue weighted by molar-refractivity contribution is 1.12. The first-order valence-electron chi connectivity index (χ1n) is 5.49. The van der Waals surface area contributed by atoms with E-state index in [-0.39, 0.29) is 0 Å². The van der Waals surface area contributed by atoms with E-state index in [9.17, 15) is 0 Å². The van der Waals surface area contributed by atoms with Crippen molar-refractivity contribution in [2.24, 2.45) is 0 Å². The number of H-pyrrole nitrogens is 1. The molecule has 4 nitrogen and oxygen atoms in total. The molecule has 18 heavy (non-hydrogen) atoms. The number of aromatic amines is 1. The highest BCUT2D eigenvalue weighted by Crippen LogP contribution is 2.27. The molecule has 0 bridgehead atoms. The topological polar surface area (TPSA) is 66.7 Å². The van der Waals surface area contributed by atoms with E-state index in [0.717, 1.165) is 22.4 Å². The van der Waals surface area contributed by atoms with Crippen molar-refractivity contribution in [3.05, 3.63) is 47.5 Å². The van der Waals surface area contributed by atoms with Crippen LogP contribution >= 0.6 is 11.6 Å². The summed E-state index contributed by atoms with van der Waals surface area (Å²) in [7, 11) is 0. The molecule has 90 valence electrons.